The molecule has 0 atom stereocenters. The Kier molecular flexibility index (Phi) is 2.77. The Labute approximate surface area is 106 Å². The summed E-state index contributed by atoms with van der Waals surface area (Å²) >= 11 is 0. The molecule has 18 heavy (non-hydrogen) atoms. The fraction of sp³-hybridized carbons (Fsp3) is 0. The quantitative estimate of drug-likeness (QED) is 0.536. The van der Waals surface area contributed by atoms with Crippen molar-refractivity contribution in [1.29, 1.82) is 0 Å². The summed E-state index contributed by atoms with van der Waals surface area (Å²) in [6.07, 6.45) is 3.51. The van der Waals surface area contributed by atoms with E-state index in [2.05, 4.69) is 47.2 Å². The van der Waals surface area contributed by atoms with E-state index < -0.39 is 0 Å². The molecule has 0 N–H and O–H groups in total. The average Bonchev–Trinajstić information content (AvgIpc) is 2.46. The lowest BCUT2D eigenvalue weighted by Gasteiger charge is -1.97. The Hall–Kier alpha value is -2.59. The number of hydrogen-bond donors (Lipinski definition) is 0. The number of benzene rings is 2. The Balaban J connectivity index is 1.99. The molecule has 0 radical (unpaired) electrons. The molecule has 0 bridgehead atoms. The molecule has 0 saturated carbocycles. The largest absolute Gasteiger partial charge is 0.265 e. The van der Waals surface area contributed by atoms with Crippen LogP contribution < -0.4 is 0 Å². The minimum Gasteiger partial charge on any atom is -0.265 e. The summed E-state index contributed by atoms with van der Waals surface area (Å²) in [5.74, 6) is 6.31. The first-order valence-electron chi connectivity index (χ1n) is 5.83. The molecule has 1 aromatic heterocycles. The summed E-state index contributed by atoms with van der Waals surface area (Å²) in [6, 6.07) is 18.4. The standard InChI is InChI=1S/C17H11N/c1-2-4-17-13-15(7-8-16(17)3-1)6-5-14-9-11-18-12-10-14/h1-4,7-13H. The van der Waals surface area contributed by atoms with Crippen molar-refractivity contribution >= 4 is 10.8 Å². The summed E-state index contributed by atoms with van der Waals surface area (Å²) in [4.78, 5) is 3.97. The maximum atomic E-state index is 3.97. The van der Waals surface area contributed by atoms with E-state index in [1.165, 1.54) is 10.8 Å². The van der Waals surface area contributed by atoms with Crippen molar-refractivity contribution in [3.05, 3.63) is 78.1 Å². The Morgan fingerprint density at radius 2 is 1.39 bits per heavy atom. The van der Waals surface area contributed by atoms with Crippen molar-refractivity contribution in [3.8, 4) is 11.8 Å². The highest BCUT2D eigenvalue weighted by Gasteiger charge is 1.92. The van der Waals surface area contributed by atoms with Crippen LogP contribution in [-0.4, -0.2) is 4.98 Å². The summed E-state index contributed by atoms with van der Waals surface area (Å²) in [5, 5.41) is 2.46. The van der Waals surface area contributed by atoms with Crippen LogP contribution in [-0.2, 0) is 0 Å². The Bertz CT molecular complexity index is 733. The zero-order chi connectivity index (χ0) is 12.2. The van der Waals surface area contributed by atoms with Crippen LogP contribution in [0.5, 0.6) is 0 Å². The van der Waals surface area contributed by atoms with Gasteiger partial charge in [-0.1, -0.05) is 42.2 Å². The van der Waals surface area contributed by atoms with Crippen LogP contribution in [0.1, 0.15) is 11.1 Å². The molecule has 1 heteroatoms. The zero-order valence-corrected chi connectivity index (χ0v) is 9.80. The highest BCUT2D eigenvalue weighted by molar-refractivity contribution is 5.83. The molecule has 3 rings (SSSR count). The fourth-order valence-electron chi connectivity index (χ4n) is 1.85. The minimum atomic E-state index is 0.984. The second-order valence-corrected chi connectivity index (χ2v) is 4.05. The molecular weight excluding hydrogens is 218 g/mol. The van der Waals surface area contributed by atoms with E-state index in [0.717, 1.165) is 11.1 Å². The van der Waals surface area contributed by atoms with Gasteiger partial charge in [0.1, 0.15) is 0 Å². The second-order valence-electron chi connectivity index (χ2n) is 4.05. The molecule has 0 amide bonds. The van der Waals surface area contributed by atoms with Gasteiger partial charge in [-0.15, -0.1) is 0 Å². The molecule has 0 aliphatic carbocycles. The van der Waals surface area contributed by atoms with Gasteiger partial charge >= 0.3 is 0 Å². The predicted molar refractivity (Wildman–Crippen MR) is 74.2 cm³/mol. The van der Waals surface area contributed by atoms with E-state index in [1.54, 1.807) is 12.4 Å². The van der Waals surface area contributed by atoms with Crippen LogP contribution in [0.2, 0.25) is 0 Å². The normalized spacial score (nSPS) is 9.78. The van der Waals surface area contributed by atoms with Gasteiger partial charge in [0.15, 0.2) is 0 Å². The number of pyridine rings is 1. The van der Waals surface area contributed by atoms with Gasteiger partial charge in [-0.05, 0) is 35.0 Å². The van der Waals surface area contributed by atoms with Crippen LogP contribution in [0.25, 0.3) is 10.8 Å². The molecule has 1 nitrogen and oxygen atoms in total. The number of fused-ring (bicyclic) bond motifs is 1. The molecular formula is C17H11N. The third-order valence-corrected chi connectivity index (χ3v) is 2.78. The van der Waals surface area contributed by atoms with Gasteiger partial charge in [0.05, 0.1) is 0 Å². The lowest BCUT2D eigenvalue weighted by molar-refractivity contribution is 1.32. The van der Waals surface area contributed by atoms with Crippen LogP contribution >= 0.6 is 0 Å². The topological polar surface area (TPSA) is 12.9 Å². The summed E-state index contributed by atoms with van der Waals surface area (Å²) in [6.45, 7) is 0. The van der Waals surface area contributed by atoms with Crippen LogP contribution in [0, 0.1) is 11.8 Å². The van der Waals surface area contributed by atoms with E-state index >= 15 is 0 Å². The smallest absolute Gasteiger partial charge is 0.0280 e. The first kappa shape index (κ1) is 10.6. The summed E-state index contributed by atoms with van der Waals surface area (Å²) in [5.41, 5.74) is 2.02. The molecule has 0 spiro atoms. The highest BCUT2D eigenvalue weighted by Crippen LogP contribution is 2.14. The van der Waals surface area contributed by atoms with E-state index in [9.17, 15) is 0 Å². The molecule has 0 aliphatic heterocycles. The molecule has 1 heterocycles. The molecule has 2 aromatic carbocycles. The lowest BCUT2D eigenvalue weighted by Crippen LogP contribution is -1.78. The third-order valence-electron chi connectivity index (χ3n) is 2.78. The Morgan fingerprint density at radius 1 is 0.667 bits per heavy atom. The predicted octanol–water partition coefficient (Wildman–Crippen LogP) is 3.63. The van der Waals surface area contributed by atoms with Crippen molar-refractivity contribution in [2.75, 3.05) is 0 Å². The molecule has 3 aromatic rings. The lowest BCUT2D eigenvalue weighted by atomic mass is 10.1. The van der Waals surface area contributed by atoms with E-state index in [0.29, 0.717) is 0 Å². The SMILES string of the molecule is C(#Cc1ccc2ccccc2c1)c1ccncc1. The number of aromatic nitrogens is 1. The van der Waals surface area contributed by atoms with E-state index in [4.69, 9.17) is 0 Å². The minimum absolute atomic E-state index is 0.984. The second kappa shape index (κ2) is 4.73. The Morgan fingerprint density at radius 3 is 2.22 bits per heavy atom. The first-order valence-corrected chi connectivity index (χ1v) is 5.83. The number of hydrogen-bond acceptors (Lipinski definition) is 1. The van der Waals surface area contributed by atoms with Crippen LogP contribution in [0.4, 0.5) is 0 Å². The molecule has 0 unspecified atom stereocenters. The van der Waals surface area contributed by atoms with Crippen LogP contribution in [0.3, 0.4) is 0 Å². The maximum Gasteiger partial charge on any atom is 0.0280 e. The highest BCUT2D eigenvalue weighted by atomic mass is 14.6. The van der Waals surface area contributed by atoms with Gasteiger partial charge < -0.3 is 0 Å². The van der Waals surface area contributed by atoms with Gasteiger partial charge in [-0.25, -0.2) is 0 Å². The monoisotopic (exact) mass is 229 g/mol. The van der Waals surface area contributed by atoms with Gasteiger partial charge in [-0.3, -0.25) is 4.98 Å². The summed E-state index contributed by atoms with van der Waals surface area (Å²) in [7, 11) is 0. The molecule has 0 saturated heterocycles. The number of nitrogens with zero attached hydrogens (tertiary/aromatic N) is 1. The average molecular weight is 229 g/mol. The van der Waals surface area contributed by atoms with Crippen molar-refractivity contribution in [1.82, 2.24) is 4.98 Å². The fourth-order valence-corrected chi connectivity index (χ4v) is 1.85. The molecule has 0 aliphatic rings. The van der Waals surface area contributed by atoms with Crippen molar-refractivity contribution in [2.45, 2.75) is 0 Å². The van der Waals surface area contributed by atoms with Gasteiger partial charge in [-0.2, -0.15) is 0 Å². The summed E-state index contributed by atoms with van der Waals surface area (Å²) < 4.78 is 0. The zero-order valence-electron chi connectivity index (χ0n) is 9.80. The van der Waals surface area contributed by atoms with Gasteiger partial charge in [0.25, 0.3) is 0 Å². The van der Waals surface area contributed by atoms with Gasteiger partial charge in [0.2, 0.25) is 0 Å². The van der Waals surface area contributed by atoms with E-state index in [1.807, 2.05) is 24.3 Å². The van der Waals surface area contributed by atoms with Crippen molar-refractivity contribution < 1.29 is 0 Å². The van der Waals surface area contributed by atoms with Gasteiger partial charge in [0, 0.05) is 23.5 Å². The van der Waals surface area contributed by atoms with Crippen LogP contribution in [0.15, 0.2) is 67.0 Å². The molecule has 0 fully saturated rings. The van der Waals surface area contributed by atoms with Crippen molar-refractivity contribution in [3.63, 3.8) is 0 Å². The van der Waals surface area contributed by atoms with E-state index in [-0.39, 0.29) is 0 Å². The maximum absolute atomic E-state index is 3.97. The molecule has 84 valence electrons. The first-order chi connectivity index (χ1) is 8.92. The third kappa shape index (κ3) is 2.23. The number of rotatable bonds is 0. The van der Waals surface area contributed by atoms with Crippen molar-refractivity contribution in [2.24, 2.45) is 0 Å².